The number of rotatable bonds is 4. The molecule has 3 aromatic heterocycles. The molecule has 0 radical (unpaired) electrons. The maximum Gasteiger partial charge on any atom is 0.240 e. The molecule has 3 heterocycles. The molecule has 0 amide bonds. The van der Waals surface area contributed by atoms with Gasteiger partial charge in [0.1, 0.15) is 11.6 Å². The van der Waals surface area contributed by atoms with Gasteiger partial charge < -0.3 is 10.1 Å². The van der Waals surface area contributed by atoms with Gasteiger partial charge in [0, 0.05) is 30.8 Å². The van der Waals surface area contributed by atoms with Crippen molar-refractivity contribution in [2.45, 2.75) is 31.4 Å². The Hall–Kier alpha value is -2.41. The van der Waals surface area contributed by atoms with Crippen molar-refractivity contribution in [2.75, 3.05) is 7.05 Å². The van der Waals surface area contributed by atoms with Crippen molar-refractivity contribution in [1.29, 1.82) is 0 Å². The average Bonchev–Trinajstić information content (AvgIpc) is 3.37. The summed E-state index contributed by atoms with van der Waals surface area (Å²) in [5.74, 6) is 2.02. The normalized spacial score (nSPS) is 28.1. The molecule has 2 saturated carbocycles. The summed E-state index contributed by atoms with van der Waals surface area (Å²) in [6.45, 7) is 0. The SMILES string of the molecule is CN[C@@H]1C[C@@H]2C[C@H]1[C@@H](Oc1nc(-c3cnn(C)c3)cn3nccc13)C2. The van der Waals surface area contributed by atoms with E-state index in [1.54, 1.807) is 10.9 Å². The number of hydrogen-bond donors (Lipinski definition) is 1. The number of fused-ring (bicyclic) bond motifs is 3. The van der Waals surface area contributed by atoms with Crippen LogP contribution in [0.1, 0.15) is 19.3 Å². The van der Waals surface area contributed by atoms with Crippen LogP contribution in [0, 0.1) is 11.8 Å². The van der Waals surface area contributed by atoms with Gasteiger partial charge in [-0.3, -0.25) is 4.68 Å². The van der Waals surface area contributed by atoms with Gasteiger partial charge in [0.2, 0.25) is 5.88 Å². The number of ether oxygens (including phenoxy) is 1. The first-order valence-corrected chi connectivity index (χ1v) is 8.88. The van der Waals surface area contributed by atoms with Gasteiger partial charge in [0.05, 0.1) is 24.3 Å². The Bertz CT molecular complexity index is 915. The first-order chi connectivity index (χ1) is 12.2. The van der Waals surface area contributed by atoms with E-state index < -0.39 is 0 Å². The predicted octanol–water partition coefficient (Wildman–Crippen LogP) is 1.90. The summed E-state index contributed by atoms with van der Waals surface area (Å²) in [5.41, 5.74) is 2.70. The van der Waals surface area contributed by atoms with Crippen molar-refractivity contribution in [3.05, 3.63) is 30.9 Å². The molecule has 0 aliphatic heterocycles. The van der Waals surface area contributed by atoms with Crippen molar-refractivity contribution in [3.63, 3.8) is 0 Å². The van der Waals surface area contributed by atoms with Crippen LogP contribution in [-0.2, 0) is 7.05 Å². The molecule has 0 aromatic carbocycles. The maximum absolute atomic E-state index is 6.44. The molecule has 2 aliphatic rings. The highest BCUT2D eigenvalue weighted by atomic mass is 16.5. The minimum atomic E-state index is 0.228. The van der Waals surface area contributed by atoms with E-state index >= 15 is 0 Å². The van der Waals surface area contributed by atoms with Gasteiger partial charge in [-0.15, -0.1) is 0 Å². The predicted molar refractivity (Wildman–Crippen MR) is 93.3 cm³/mol. The van der Waals surface area contributed by atoms with Gasteiger partial charge in [-0.1, -0.05) is 0 Å². The topological polar surface area (TPSA) is 69.3 Å². The van der Waals surface area contributed by atoms with Crippen LogP contribution >= 0.6 is 0 Å². The molecule has 25 heavy (non-hydrogen) atoms. The van der Waals surface area contributed by atoms with E-state index in [1.807, 2.05) is 36.2 Å². The van der Waals surface area contributed by atoms with Gasteiger partial charge >= 0.3 is 0 Å². The molecule has 1 N–H and O–H groups in total. The Labute approximate surface area is 146 Å². The van der Waals surface area contributed by atoms with Crippen LogP contribution < -0.4 is 10.1 Å². The summed E-state index contributed by atoms with van der Waals surface area (Å²) in [7, 11) is 3.96. The molecule has 7 heteroatoms. The molecule has 2 bridgehead atoms. The number of aryl methyl sites for hydroxylation is 1. The summed E-state index contributed by atoms with van der Waals surface area (Å²) in [5, 5.41) is 12.1. The van der Waals surface area contributed by atoms with Crippen LogP contribution in [0.15, 0.2) is 30.9 Å². The second kappa shape index (κ2) is 5.56. The van der Waals surface area contributed by atoms with Crippen molar-refractivity contribution in [2.24, 2.45) is 18.9 Å². The summed E-state index contributed by atoms with van der Waals surface area (Å²) in [6.07, 6.45) is 11.4. The Morgan fingerprint density at radius 3 is 2.88 bits per heavy atom. The zero-order valence-electron chi connectivity index (χ0n) is 14.5. The standard InChI is InChI=1S/C18H22N6O/c1-19-14-6-11-5-13(14)17(7-11)25-18-16-3-4-20-24(16)10-15(22-18)12-8-21-23(2)9-12/h3-4,8-11,13-14,17,19H,5-7H2,1-2H3/t11-,13+,14+,17-/m0/s1. The van der Waals surface area contributed by atoms with E-state index in [2.05, 4.69) is 22.6 Å². The molecule has 0 saturated heterocycles. The van der Waals surface area contributed by atoms with Gasteiger partial charge in [-0.25, -0.2) is 9.50 Å². The molecule has 0 unspecified atom stereocenters. The van der Waals surface area contributed by atoms with Crippen LogP contribution in [0.2, 0.25) is 0 Å². The maximum atomic E-state index is 6.44. The zero-order valence-corrected chi connectivity index (χ0v) is 14.5. The number of nitrogens with zero attached hydrogens (tertiary/aromatic N) is 5. The Morgan fingerprint density at radius 2 is 2.12 bits per heavy atom. The lowest BCUT2D eigenvalue weighted by Gasteiger charge is -2.29. The van der Waals surface area contributed by atoms with E-state index in [0.29, 0.717) is 17.8 Å². The summed E-state index contributed by atoms with van der Waals surface area (Å²) in [6, 6.07) is 2.52. The molecule has 3 aromatic rings. The molecular formula is C18H22N6O. The average molecular weight is 338 g/mol. The monoisotopic (exact) mass is 338 g/mol. The summed E-state index contributed by atoms with van der Waals surface area (Å²) in [4.78, 5) is 4.80. The van der Waals surface area contributed by atoms with Crippen LogP contribution in [0.5, 0.6) is 5.88 Å². The fourth-order valence-corrected chi connectivity index (χ4v) is 4.57. The van der Waals surface area contributed by atoms with E-state index in [4.69, 9.17) is 9.72 Å². The third-order valence-electron chi connectivity index (χ3n) is 5.74. The molecule has 130 valence electrons. The first kappa shape index (κ1) is 14.9. The fraction of sp³-hybridized carbons (Fsp3) is 0.500. The molecule has 2 aliphatic carbocycles. The third-order valence-corrected chi connectivity index (χ3v) is 5.74. The van der Waals surface area contributed by atoms with E-state index in [9.17, 15) is 0 Å². The van der Waals surface area contributed by atoms with E-state index in [0.717, 1.165) is 29.1 Å². The van der Waals surface area contributed by atoms with Crippen LogP contribution in [-0.4, -0.2) is 43.6 Å². The first-order valence-electron chi connectivity index (χ1n) is 8.88. The molecule has 7 nitrogen and oxygen atoms in total. The van der Waals surface area contributed by atoms with Gasteiger partial charge in [0.15, 0.2) is 0 Å². The highest BCUT2D eigenvalue weighted by Crippen LogP contribution is 2.46. The van der Waals surface area contributed by atoms with Gasteiger partial charge in [-0.05, 0) is 38.3 Å². The van der Waals surface area contributed by atoms with Crippen molar-refractivity contribution in [3.8, 4) is 17.1 Å². The van der Waals surface area contributed by atoms with Crippen LogP contribution in [0.25, 0.3) is 16.8 Å². The lowest BCUT2D eigenvalue weighted by Crippen LogP contribution is -2.40. The lowest BCUT2D eigenvalue weighted by molar-refractivity contribution is 0.115. The number of aromatic nitrogens is 5. The Kier molecular flexibility index (Phi) is 3.31. The van der Waals surface area contributed by atoms with Crippen LogP contribution in [0.4, 0.5) is 0 Å². The van der Waals surface area contributed by atoms with Crippen LogP contribution in [0.3, 0.4) is 0 Å². The summed E-state index contributed by atoms with van der Waals surface area (Å²) >= 11 is 0. The minimum absolute atomic E-state index is 0.228. The number of hydrogen-bond acceptors (Lipinski definition) is 5. The second-order valence-electron chi connectivity index (χ2n) is 7.28. The van der Waals surface area contributed by atoms with E-state index in [1.165, 1.54) is 12.8 Å². The largest absolute Gasteiger partial charge is 0.472 e. The third kappa shape index (κ3) is 2.41. The summed E-state index contributed by atoms with van der Waals surface area (Å²) < 4.78 is 10.1. The van der Waals surface area contributed by atoms with Gasteiger partial charge in [0.25, 0.3) is 0 Å². The van der Waals surface area contributed by atoms with E-state index in [-0.39, 0.29) is 6.10 Å². The molecular weight excluding hydrogens is 316 g/mol. The highest BCUT2D eigenvalue weighted by Gasteiger charge is 2.47. The Morgan fingerprint density at radius 1 is 1.20 bits per heavy atom. The smallest absolute Gasteiger partial charge is 0.240 e. The van der Waals surface area contributed by atoms with Crippen molar-refractivity contribution >= 4 is 5.52 Å². The highest BCUT2D eigenvalue weighted by molar-refractivity contribution is 5.63. The zero-order chi connectivity index (χ0) is 17.0. The fourth-order valence-electron chi connectivity index (χ4n) is 4.57. The lowest BCUT2D eigenvalue weighted by atomic mass is 9.93. The molecule has 5 rings (SSSR count). The Balaban J connectivity index is 1.51. The molecule has 0 spiro atoms. The van der Waals surface area contributed by atoms with Crippen molar-refractivity contribution < 1.29 is 4.74 Å². The quantitative estimate of drug-likeness (QED) is 0.787. The second-order valence-corrected chi connectivity index (χ2v) is 7.28. The minimum Gasteiger partial charge on any atom is -0.472 e. The number of nitrogens with one attached hydrogen (secondary N) is 1. The van der Waals surface area contributed by atoms with Gasteiger partial charge in [-0.2, -0.15) is 10.2 Å². The van der Waals surface area contributed by atoms with Crippen molar-refractivity contribution in [1.82, 2.24) is 29.7 Å². The molecule has 4 atom stereocenters. The molecule has 2 fully saturated rings.